The summed E-state index contributed by atoms with van der Waals surface area (Å²) in [6.45, 7) is 3.37. The lowest BCUT2D eigenvalue weighted by molar-refractivity contribution is 0.283. The highest BCUT2D eigenvalue weighted by Crippen LogP contribution is 2.17. The first kappa shape index (κ1) is 11.4. The Balaban J connectivity index is 1.98. The molecular weight excluding hydrogens is 272 g/mol. The SMILES string of the molecule is Brc1cccnc1CN1CCCSCC1. The van der Waals surface area contributed by atoms with Gasteiger partial charge in [0.25, 0.3) is 0 Å². The second kappa shape index (κ2) is 5.87. The zero-order valence-corrected chi connectivity index (χ0v) is 11.1. The van der Waals surface area contributed by atoms with Crippen molar-refractivity contribution in [2.75, 3.05) is 24.6 Å². The maximum Gasteiger partial charge on any atom is 0.0685 e. The summed E-state index contributed by atoms with van der Waals surface area (Å²) in [5.74, 6) is 2.56. The average Bonchev–Trinajstić information content (AvgIpc) is 2.50. The number of hydrogen-bond donors (Lipinski definition) is 0. The van der Waals surface area contributed by atoms with Gasteiger partial charge in [0.1, 0.15) is 0 Å². The molecule has 1 aliphatic heterocycles. The van der Waals surface area contributed by atoms with Gasteiger partial charge in [-0.2, -0.15) is 11.8 Å². The van der Waals surface area contributed by atoms with Crippen LogP contribution >= 0.6 is 27.7 Å². The summed E-state index contributed by atoms with van der Waals surface area (Å²) in [6.07, 6.45) is 3.17. The second-order valence-electron chi connectivity index (χ2n) is 3.67. The third kappa shape index (κ3) is 3.47. The minimum absolute atomic E-state index is 0.974. The molecule has 1 saturated heterocycles. The van der Waals surface area contributed by atoms with Gasteiger partial charge in [-0.1, -0.05) is 0 Å². The van der Waals surface area contributed by atoms with Crippen LogP contribution < -0.4 is 0 Å². The fourth-order valence-electron chi connectivity index (χ4n) is 1.70. The van der Waals surface area contributed by atoms with Gasteiger partial charge in [-0.25, -0.2) is 0 Å². The van der Waals surface area contributed by atoms with Crippen molar-refractivity contribution in [2.45, 2.75) is 13.0 Å². The highest BCUT2D eigenvalue weighted by atomic mass is 79.9. The summed E-state index contributed by atoms with van der Waals surface area (Å²) in [4.78, 5) is 6.90. The molecule has 2 rings (SSSR count). The molecule has 4 heteroatoms. The largest absolute Gasteiger partial charge is 0.297 e. The molecule has 0 saturated carbocycles. The minimum atomic E-state index is 0.974. The Hall–Kier alpha value is -0.0600. The highest BCUT2D eigenvalue weighted by Gasteiger charge is 2.11. The van der Waals surface area contributed by atoms with E-state index in [1.54, 1.807) is 0 Å². The quantitative estimate of drug-likeness (QED) is 0.832. The monoisotopic (exact) mass is 286 g/mol. The number of hydrogen-bond acceptors (Lipinski definition) is 3. The third-order valence-electron chi connectivity index (χ3n) is 2.52. The van der Waals surface area contributed by atoms with Crippen LogP contribution in [0.1, 0.15) is 12.1 Å². The van der Waals surface area contributed by atoms with Crippen LogP contribution in [0.15, 0.2) is 22.8 Å². The number of thioether (sulfide) groups is 1. The van der Waals surface area contributed by atoms with Gasteiger partial charge < -0.3 is 0 Å². The van der Waals surface area contributed by atoms with E-state index < -0.39 is 0 Å². The van der Waals surface area contributed by atoms with E-state index >= 15 is 0 Å². The summed E-state index contributed by atoms with van der Waals surface area (Å²) >= 11 is 5.61. The first-order chi connectivity index (χ1) is 7.36. The Morgan fingerprint density at radius 3 is 3.20 bits per heavy atom. The number of nitrogens with zero attached hydrogens (tertiary/aromatic N) is 2. The smallest absolute Gasteiger partial charge is 0.0685 e. The van der Waals surface area contributed by atoms with Crippen molar-refractivity contribution >= 4 is 27.7 Å². The van der Waals surface area contributed by atoms with Gasteiger partial charge in [0.2, 0.25) is 0 Å². The van der Waals surface area contributed by atoms with Gasteiger partial charge in [-0.15, -0.1) is 0 Å². The predicted octanol–water partition coefficient (Wildman–Crippen LogP) is 2.78. The minimum Gasteiger partial charge on any atom is -0.297 e. The summed E-state index contributed by atoms with van der Waals surface area (Å²) in [7, 11) is 0. The third-order valence-corrected chi connectivity index (χ3v) is 4.29. The van der Waals surface area contributed by atoms with E-state index in [1.165, 1.54) is 31.0 Å². The Morgan fingerprint density at radius 1 is 1.40 bits per heavy atom. The lowest BCUT2D eigenvalue weighted by atomic mass is 10.3. The van der Waals surface area contributed by atoms with Crippen LogP contribution in [0.2, 0.25) is 0 Å². The summed E-state index contributed by atoms with van der Waals surface area (Å²) < 4.78 is 1.13. The Bertz CT molecular complexity index is 311. The molecule has 15 heavy (non-hydrogen) atoms. The number of rotatable bonds is 2. The summed E-state index contributed by atoms with van der Waals surface area (Å²) in [5.41, 5.74) is 1.16. The first-order valence-corrected chi connectivity index (χ1v) is 7.20. The maximum absolute atomic E-state index is 4.41. The molecule has 2 heterocycles. The van der Waals surface area contributed by atoms with Gasteiger partial charge in [-0.05, 0) is 46.8 Å². The highest BCUT2D eigenvalue weighted by molar-refractivity contribution is 9.10. The van der Waals surface area contributed by atoms with Gasteiger partial charge >= 0.3 is 0 Å². The molecule has 1 aliphatic rings. The lowest BCUT2D eigenvalue weighted by Gasteiger charge is -2.19. The van der Waals surface area contributed by atoms with Gasteiger partial charge in [0.15, 0.2) is 0 Å². The van der Waals surface area contributed by atoms with E-state index in [0.717, 1.165) is 16.7 Å². The summed E-state index contributed by atoms with van der Waals surface area (Å²) in [5, 5.41) is 0. The molecule has 0 aromatic carbocycles. The first-order valence-electron chi connectivity index (χ1n) is 5.26. The zero-order chi connectivity index (χ0) is 10.5. The van der Waals surface area contributed by atoms with E-state index in [2.05, 4.69) is 43.6 Å². The van der Waals surface area contributed by atoms with Crippen molar-refractivity contribution in [3.63, 3.8) is 0 Å². The van der Waals surface area contributed by atoms with Gasteiger partial charge in [0, 0.05) is 29.5 Å². The van der Waals surface area contributed by atoms with Gasteiger partial charge in [0.05, 0.1) is 5.69 Å². The van der Waals surface area contributed by atoms with E-state index in [1.807, 2.05) is 12.3 Å². The van der Waals surface area contributed by atoms with Crippen LogP contribution in [-0.4, -0.2) is 34.5 Å². The predicted molar refractivity (Wildman–Crippen MR) is 69.2 cm³/mol. The second-order valence-corrected chi connectivity index (χ2v) is 5.75. The Morgan fingerprint density at radius 2 is 2.33 bits per heavy atom. The maximum atomic E-state index is 4.41. The number of halogens is 1. The van der Waals surface area contributed by atoms with E-state index in [-0.39, 0.29) is 0 Å². The molecule has 2 nitrogen and oxygen atoms in total. The molecule has 0 spiro atoms. The molecule has 0 unspecified atom stereocenters. The van der Waals surface area contributed by atoms with Crippen LogP contribution in [0.4, 0.5) is 0 Å². The fraction of sp³-hybridized carbons (Fsp3) is 0.545. The molecule has 1 fully saturated rings. The fourth-order valence-corrected chi connectivity index (χ4v) is 3.01. The molecule has 0 aliphatic carbocycles. The van der Waals surface area contributed by atoms with Gasteiger partial charge in [-0.3, -0.25) is 9.88 Å². The standard InChI is InChI=1S/C11H15BrN2S/c12-10-3-1-4-13-11(10)9-14-5-2-7-15-8-6-14/h1,3-4H,2,5-9H2. The van der Waals surface area contributed by atoms with Crippen molar-refractivity contribution < 1.29 is 0 Å². The molecular formula is C11H15BrN2S. The van der Waals surface area contributed by atoms with Crippen LogP contribution in [0, 0.1) is 0 Å². The van der Waals surface area contributed by atoms with Crippen LogP contribution in [0.5, 0.6) is 0 Å². The Kier molecular flexibility index (Phi) is 4.47. The molecule has 0 radical (unpaired) electrons. The molecule has 0 N–H and O–H groups in total. The van der Waals surface area contributed by atoms with Crippen molar-refractivity contribution in [1.82, 2.24) is 9.88 Å². The van der Waals surface area contributed by atoms with E-state index in [0.29, 0.717) is 0 Å². The van der Waals surface area contributed by atoms with Crippen molar-refractivity contribution in [2.24, 2.45) is 0 Å². The van der Waals surface area contributed by atoms with E-state index in [4.69, 9.17) is 0 Å². The normalized spacial score (nSPS) is 18.7. The molecule has 0 bridgehead atoms. The van der Waals surface area contributed by atoms with Crippen LogP contribution in [0.3, 0.4) is 0 Å². The lowest BCUT2D eigenvalue weighted by Crippen LogP contribution is -2.26. The molecule has 0 atom stereocenters. The summed E-state index contributed by atoms with van der Waals surface area (Å²) in [6, 6.07) is 4.03. The van der Waals surface area contributed by atoms with Crippen LogP contribution in [0.25, 0.3) is 0 Å². The average molecular weight is 287 g/mol. The molecule has 0 amide bonds. The van der Waals surface area contributed by atoms with E-state index in [9.17, 15) is 0 Å². The Labute approximate surface area is 104 Å². The molecule has 1 aromatic rings. The van der Waals surface area contributed by atoms with Crippen LogP contribution in [-0.2, 0) is 6.54 Å². The molecule has 82 valence electrons. The van der Waals surface area contributed by atoms with Crippen molar-refractivity contribution in [1.29, 1.82) is 0 Å². The topological polar surface area (TPSA) is 16.1 Å². The molecule has 1 aromatic heterocycles. The zero-order valence-electron chi connectivity index (χ0n) is 8.66. The van der Waals surface area contributed by atoms with Crippen molar-refractivity contribution in [3.05, 3.63) is 28.5 Å². The van der Waals surface area contributed by atoms with Crippen molar-refractivity contribution in [3.8, 4) is 0 Å². The number of aromatic nitrogens is 1. The number of pyridine rings is 1.